The highest BCUT2D eigenvalue weighted by atomic mass is 32.2. The van der Waals surface area contributed by atoms with Gasteiger partial charge in [-0.25, -0.2) is 12.7 Å². The predicted molar refractivity (Wildman–Crippen MR) is 79.0 cm³/mol. The number of nitrogens with one attached hydrogen (secondary N) is 2. The molecule has 0 radical (unpaired) electrons. The monoisotopic (exact) mass is 286 g/mol. The van der Waals surface area contributed by atoms with Crippen molar-refractivity contribution in [2.75, 3.05) is 43.6 Å². The molecule has 0 saturated carbocycles. The van der Waals surface area contributed by atoms with Crippen LogP contribution in [0, 0.1) is 0 Å². The van der Waals surface area contributed by atoms with Crippen LogP contribution in [0.3, 0.4) is 0 Å². The molecule has 7 heteroatoms. The van der Waals surface area contributed by atoms with Gasteiger partial charge in [0.05, 0.1) is 29.5 Å². The van der Waals surface area contributed by atoms with E-state index in [4.69, 9.17) is 0 Å². The number of aromatic nitrogens is 1. The quantitative estimate of drug-likeness (QED) is 0.751. The Morgan fingerprint density at radius 3 is 2.26 bits per heavy atom. The van der Waals surface area contributed by atoms with Crippen LogP contribution in [0.4, 0.5) is 11.4 Å². The molecule has 108 valence electrons. The highest BCUT2D eigenvalue weighted by Crippen LogP contribution is 2.12. The summed E-state index contributed by atoms with van der Waals surface area (Å²) < 4.78 is 24.4. The van der Waals surface area contributed by atoms with E-state index in [1.165, 1.54) is 18.4 Å². The van der Waals surface area contributed by atoms with Gasteiger partial charge in [-0.2, -0.15) is 0 Å². The highest BCUT2D eigenvalue weighted by molar-refractivity contribution is 7.89. The second-order valence-corrected chi connectivity index (χ2v) is 6.72. The second kappa shape index (κ2) is 7.30. The van der Waals surface area contributed by atoms with Gasteiger partial charge in [-0.05, 0) is 12.5 Å². The standard InChI is InChI=1S/C12H22N4O2S/c1-4-5-14-11-8-12(10-13-9-11)15-6-7-19(17,18)16(2)3/h8-10,14-15H,4-7H2,1-3H3. The predicted octanol–water partition coefficient (Wildman–Crippen LogP) is 1.21. The minimum Gasteiger partial charge on any atom is -0.384 e. The van der Waals surface area contributed by atoms with E-state index in [9.17, 15) is 8.42 Å². The van der Waals surface area contributed by atoms with Crippen molar-refractivity contribution < 1.29 is 8.42 Å². The Morgan fingerprint density at radius 2 is 1.74 bits per heavy atom. The first-order valence-electron chi connectivity index (χ1n) is 6.28. The SMILES string of the molecule is CCCNc1cncc(NCCS(=O)(=O)N(C)C)c1. The molecule has 0 amide bonds. The van der Waals surface area contributed by atoms with Crippen LogP contribution in [0.5, 0.6) is 0 Å². The summed E-state index contributed by atoms with van der Waals surface area (Å²) in [5.74, 6) is 0.0621. The number of nitrogens with zero attached hydrogens (tertiary/aromatic N) is 2. The zero-order chi connectivity index (χ0) is 14.3. The zero-order valence-corrected chi connectivity index (χ0v) is 12.5. The number of anilines is 2. The Morgan fingerprint density at radius 1 is 1.16 bits per heavy atom. The Hall–Kier alpha value is -1.34. The van der Waals surface area contributed by atoms with Crippen LogP contribution in [0.25, 0.3) is 0 Å². The molecule has 1 rings (SSSR count). The molecule has 0 fully saturated rings. The van der Waals surface area contributed by atoms with E-state index in [1.54, 1.807) is 12.4 Å². The first kappa shape index (κ1) is 15.7. The van der Waals surface area contributed by atoms with Gasteiger partial charge < -0.3 is 10.6 Å². The maximum Gasteiger partial charge on any atom is 0.215 e. The topological polar surface area (TPSA) is 74.3 Å². The molecule has 0 aliphatic rings. The van der Waals surface area contributed by atoms with Crippen molar-refractivity contribution >= 4 is 21.4 Å². The summed E-state index contributed by atoms with van der Waals surface area (Å²) in [6.07, 6.45) is 4.47. The summed E-state index contributed by atoms with van der Waals surface area (Å²) in [6, 6.07) is 1.92. The van der Waals surface area contributed by atoms with Crippen LogP contribution in [0.2, 0.25) is 0 Å². The smallest absolute Gasteiger partial charge is 0.215 e. The van der Waals surface area contributed by atoms with Gasteiger partial charge in [0.2, 0.25) is 10.0 Å². The number of sulfonamides is 1. The third-order valence-corrected chi connectivity index (χ3v) is 4.40. The number of hydrogen-bond donors (Lipinski definition) is 2. The van der Waals surface area contributed by atoms with Gasteiger partial charge in [0.1, 0.15) is 0 Å². The van der Waals surface area contributed by atoms with Crippen molar-refractivity contribution in [1.29, 1.82) is 0 Å². The zero-order valence-electron chi connectivity index (χ0n) is 11.7. The molecule has 1 aromatic rings. The molecule has 1 heterocycles. The van der Waals surface area contributed by atoms with Gasteiger partial charge in [0.15, 0.2) is 0 Å². The molecule has 1 aromatic heterocycles. The highest BCUT2D eigenvalue weighted by Gasteiger charge is 2.12. The molecule has 19 heavy (non-hydrogen) atoms. The summed E-state index contributed by atoms with van der Waals surface area (Å²) in [6.45, 7) is 3.34. The minimum absolute atomic E-state index is 0.0621. The molecular formula is C12H22N4O2S. The van der Waals surface area contributed by atoms with E-state index in [1.807, 2.05) is 6.07 Å². The van der Waals surface area contributed by atoms with Crippen LogP contribution in [-0.4, -0.2) is 50.6 Å². The average Bonchev–Trinajstić information content (AvgIpc) is 2.36. The van der Waals surface area contributed by atoms with Crippen molar-refractivity contribution in [3.63, 3.8) is 0 Å². The van der Waals surface area contributed by atoms with E-state index in [0.29, 0.717) is 6.54 Å². The van der Waals surface area contributed by atoms with Crippen LogP contribution in [0.1, 0.15) is 13.3 Å². The molecule has 0 spiro atoms. The van der Waals surface area contributed by atoms with E-state index < -0.39 is 10.0 Å². The van der Waals surface area contributed by atoms with Gasteiger partial charge in [-0.3, -0.25) is 4.98 Å². The van der Waals surface area contributed by atoms with Crippen molar-refractivity contribution in [3.8, 4) is 0 Å². The maximum atomic E-state index is 11.6. The van der Waals surface area contributed by atoms with Gasteiger partial charge in [-0.1, -0.05) is 6.92 Å². The average molecular weight is 286 g/mol. The lowest BCUT2D eigenvalue weighted by molar-refractivity contribution is 0.521. The maximum absolute atomic E-state index is 11.6. The van der Waals surface area contributed by atoms with Crippen LogP contribution in [-0.2, 0) is 10.0 Å². The fourth-order valence-corrected chi connectivity index (χ4v) is 2.13. The lowest BCUT2D eigenvalue weighted by Gasteiger charge is -2.12. The molecule has 0 aliphatic carbocycles. The lowest BCUT2D eigenvalue weighted by Crippen LogP contribution is -2.28. The fourth-order valence-electron chi connectivity index (χ4n) is 1.41. The van der Waals surface area contributed by atoms with Crippen molar-refractivity contribution in [3.05, 3.63) is 18.5 Å². The van der Waals surface area contributed by atoms with Gasteiger partial charge in [0, 0.05) is 27.2 Å². The molecule has 0 saturated heterocycles. The Kier molecular flexibility index (Phi) is 6.04. The molecule has 0 aliphatic heterocycles. The third-order valence-electron chi connectivity index (χ3n) is 2.56. The first-order chi connectivity index (χ1) is 8.95. The Balaban J connectivity index is 2.49. The van der Waals surface area contributed by atoms with Gasteiger partial charge in [0.25, 0.3) is 0 Å². The van der Waals surface area contributed by atoms with E-state index in [2.05, 4.69) is 22.5 Å². The number of pyridine rings is 1. The molecule has 0 aromatic carbocycles. The molecule has 0 bridgehead atoms. The summed E-state index contributed by atoms with van der Waals surface area (Å²) in [4.78, 5) is 4.10. The number of rotatable bonds is 8. The largest absolute Gasteiger partial charge is 0.384 e. The van der Waals surface area contributed by atoms with Crippen molar-refractivity contribution in [1.82, 2.24) is 9.29 Å². The molecule has 6 nitrogen and oxygen atoms in total. The van der Waals surface area contributed by atoms with Gasteiger partial charge >= 0.3 is 0 Å². The van der Waals surface area contributed by atoms with Crippen LogP contribution >= 0.6 is 0 Å². The molecular weight excluding hydrogens is 264 g/mol. The third kappa shape index (κ3) is 5.44. The fraction of sp³-hybridized carbons (Fsp3) is 0.583. The van der Waals surface area contributed by atoms with Crippen LogP contribution in [0.15, 0.2) is 18.5 Å². The molecule has 0 atom stereocenters. The van der Waals surface area contributed by atoms with Gasteiger partial charge in [-0.15, -0.1) is 0 Å². The summed E-state index contributed by atoms with van der Waals surface area (Å²) in [5, 5.41) is 6.29. The molecule has 2 N–H and O–H groups in total. The second-order valence-electron chi connectivity index (χ2n) is 4.41. The lowest BCUT2D eigenvalue weighted by atomic mass is 10.3. The number of hydrogen-bond acceptors (Lipinski definition) is 5. The van der Waals surface area contributed by atoms with Crippen molar-refractivity contribution in [2.45, 2.75) is 13.3 Å². The van der Waals surface area contributed by atoms with E-state index >= 15 is 0 Å². The molecule has 0 unspecified atom stereocenters. The van der Waals surface area contributed by atoms with Crippen LogP contribution < -0.4 is 10.6 Å². The Bertz CT molecular complexity index is 488. The first-order valence-corrected chi connectivity index (χ1v) is 7.89. The summed E-state index contributed by atoms with van der Waals surface area (Å²) >= 11 is 0. The van der Waals surface area contributed by atoms with E-state index in [0.717, 1.165) is 24.3 Å². The Labute approximate surface area is 115 Å². The van der Waals surface area contributed by atoms with Crippen molar-refractivity contribution in [2.24, 2.45) is 0 Å². The normalized spacial score (nSPS) is 11.6. The summed E-state index contributed by atoms with van der Waals surface area (Å²) in [7, 11) is -0.0900. The van der Waals surface area contributed by atoms with E-state index in [-0.39, 0.29) is 5.75 Å². The summed E-state index contributed by atoms with van der Waals surface area (Å²) in [5.41, 5.74) is 1.75. The minimum atomic E-state index is -3.16.